The van der Waals surface area contributed by atoms with Crippen molar-refractivity contribution >= 4 is 29.0 Å². The number of hydrogen-bond donors (Lipinski definition) is 0. The van der Waals surface area contributed by atoms with Gasteiger partial charge in [0.15, 0.2) is 0 Å². The van der Waals surface area contributed by atoms with Gasteiger partial charge in [0, 0.05) is 29.1 Å². The lowest BCUT2D eigenvalue weighted by atomic mass is 9.97. The summed E-state index contributed by atoms with van der Waals surface area (Å²) in [5.74, 6) is -0.599. The van der Waals surface area contributed by atoms with E-state index in [0.29, 0.717) is 22.7 Å². The van der Waals surface area contributed by atoms with Crippen molar-refractivity contribution in [2.24, 2.45) is 5.16 Å². The van der Waals surface area contributed by atoms with Crippen LogP contribution in [-0.2, 0) is 11.3 Å². The number of nitro groups is 1. The van der Waals surface area contributed by atoms with E-state index in [2.05, 4.69) is 5.16 Å². The molecule has 0 unspecified atom stereocenters. The van der Waals surface area contributed by atoms with E-state index in [1.165, 1.54) is 12.1 Å². The first-order chi connectivity index (χ1) is 14.3. The maximum atomic E-state index is 12.4. The van der Waals surface area contributed by atoms with Crippen LogP contribution in [0.25, 0.3) is 0 Å². The third-order valence-electron chi connectivity index (χ3n) is 4.53. The summed E-state index contributed by atoms with van der Waals surface area (Å²) < 4.78 is 0. The lowest BCUT2D eigenvalue weighted by Crippen LogP contribution is -2.11. The molecule has 0 heterocycles. The quantitative estimate of drug-likeness (QED) is 0.222. The summed E-state index contributed by atoms with van der Waals surface area (Å²) in [6.07, 6.45) is 0.343. The Morgan fingerprint density at radius 2 is 1.70 bits per heavy atom. The van der Waals surface area contributed by atoms with Crippen LogP contribution in [0.2, 0.25) is 5.02 Å². The van der Waals surface area contributed by atoms with Crippen LogP contribution in [0, 0.1) is 24.0 Å². The lowest BCUT2D eigenvalue weighted by Gasteiger charge is -2.11. The van der Waals surface area contributed by atoms with Gasteiger partial charge in [-0.15, -0.1) is 0 Å². The second-order valence-electron chi connectivity index (χ2n) is 6.84. The Morgan fingerprint density at radius 3 is 2.30 bits per heavy atom. The third kappa shape index (κ3) is 5.30. The number of nitrogens with zero attached hydrogens (tertiary/aromatic N) is 2. The van der Waals surface area contributed by atoms with E-state index < -0.39 is 10.9 Å². The molecule has 0 N–H and O–H groups in total. The number of aryl methyl sites for hydroxylation is 2. The number of oxime groups is 1. The molecule has 30 heavy (non-hydrogen) atoms. The molecule has 0 atom stereocenters. The lowest BCUT2D eigenvalue weighted by molar-refractivity contribution is -0.384. The van der Waals surface area contributed by atoms with Gasteiger partial charge in [-0.25, -0.2) is 4.79 Å². The molecule has 7 heteroatoms. The first kappa shape index (κ1) is 21.2. The predicted octanol–water partition coefficient (Wildman–Crippen LogP) is 5.67. The van der Waals surface area contributed by atoms with E-state index in [0.717, 1.165) is 22.3 Å². The smallest absolute Gasteiger partial charge is 0.313 e. The zero-order valence-electron chi connectivity index (χ0n) is 16.5. The normalized spacial score (nSPS) is 11.2. The van der Waals surface area contributed by atoms with Crippen LogP contribution in [0.15, 0.2) is 71.9 Å². The van der Waals surface area contributed by atoms with Crippen LogP contribution in [-0.4, -0.2) is 16.6 Å². The molecule has 0 aromatic heterocycles. The van der Waals surface area contributed by atoms with Gasteiger partial charge < -0.3 is 4.84 Å². The Balaban J connectivity index is 1.90. The van der Waals surface area contributed by atoms with E-state index in [-0.39, 0.29) is 5.69 Å². The van der Waals surface area contributed by atoms with Crippen LogP contribution in [0.5, 0.6) is 0 Å². The second-order valence-corrected chi connectivity index (χ2v) is 7.28. The molecule has 0 saturated carbocycles. The van der Waals surface area contributed by atoms with E-state index in [9.17, 15) is 14.9 Å². The molecule has 0 saturated heterocycles. The highest BCUT2D eigenvalue weighted by atomic mass is 35.5. The Hall–Kier alpha value is -3.51. The molecule has 0 aliphatic heterocycles. The molecule has 0 spiro atoms. The van der Waals surface area contributed by atoms with Crippen molar-refractivity contribution in [3.8, 4) is 0 Å². The number of nitro benzene ring substituents is 1. The Kier molecular flexibility index (Phi) is 6.59. The highest BCUT2D eigenvalue weighted by molar-refractivity contribution is 6.30. The van der Waals surface area contributed by atoms with E-state index >= 15 is 0 Å². The van der Waals surface area contributed by atoms with E-state index in [1.807, 2.05) is 32.0 Å². The Bertz CT molecular complexity index is 1110. The van der Waals surface area contributed by atoms with Crippen molar-refractivity contribution in [1.82, 2.24) is 0 Å². The summed E-state index contributed by atoms with van der Waals surface area (Å²) in [7, 11) is 0. The molecule has 3 aromatic carbocycles. The van der Waals surface area contributed by atoms with Gasteiger partial charge in [0.25, 0.3) is 5.69 Å². The van der Waals surface area contributed by atoms with Crippen LogP contribution in [0.3, 0.4) is 0 Å². The van der Waals surface area contributed by atoms with Gasteiger partial charge in [0.05, 0.1) is 16.2 Å². The molecular formula is C23H19ClN2O4. The van der Waals surface area contributed by atoms with Crippen LogP contribution in [0.1, 0.15) is 32.6 Å². The summed E-state index contributed by atoms with van der Waals surface area (Å²) in [4.78, 5) is 28.0. The first-order valence-electron chi connectivity index (χ1n) is 9.18. The van der Waals surface area contributed by atoms with Crippen molar-refractivity contribution in [2.45, 2.75) is 20.3 Å². The summed E-state index contributed by atoms with van der Waals surface area (Å²) in [5.41, 5.74) is 4.62. The monoisotopic (exact) mass is 422 g/mol. The Morgan fingerprint density at radius 1 is 1.03 bits per heavy atom. The fraction of sp³-hybridized carbons (Fsp3) is 0.130. The predicted molar refractivity (Wildman–Crippen MR) is 116 cm³/mol. The fourth-order valence-electron chi connectivity index (χ4n) is 2.98. The summed E-state index contributed by atoms with van der Waals surface area (Å²) in [5, 5.41) is 15.5. The number of rotatable bonds is 6. The van der Waals surface area contributed by atoms with E-state index in [4.69, 9.17) is 16.4 Å². The largest absolute Gasteiger partial charge is 0.365 e. The molecule has 152 valence electrons. The molecule has 0 aliphatic rings. The number of non-ortho nitro benzene ring substituents is 1. The second kappa shape index (κ2) is 9.33. The summed E-state index contributed by atoms with van der Waals surface area (Å²) in [6.45, 7) is 3.94. The summed E-state index contributed by atoms with van der Waals surface area (Å²) in [6, 6.07) is 18.4. The van der Waals surface area contributed by atoms with Crippen molar-refractivity contribution in [3.05, 3.63) is 110 Å². The van der Waals surface area contributed by atoms with Gasteiger partial charge in [-0.3, -0.25) is 10.1 Å². The Labute approximate surface area is 178 Å². The fourth-order valence-corrected chi connectivity index (χ4v) is 3.10. The van der Waals surface area contributed by atoms with Gasteiger partial charge in [-0.1, -0.05) is 52.7 Å². The molecule has 0 fully saturated rings. The number of benzene rings is 3. The maximum Gasteiger partial charge on any atom is 0.365 e. The van der Waals surface area contributed by atoms with Gasteiger partial charge in [0.2, 0.25) is 0 Å². The van der Waals surface area contributed by atoms with Gasteiger partial charge in [-0.05, 0) is 49.2 Å². The summed E-state index contributed by atoms with van der Waals surface area (Å²) >= 11 is 5.85. The zero-order valence-corrected chi connectivity index (χ0v) is 17.2. The molecule has 3 aromatic rings. The van der Waals surface area contributed by atoms with Gasteiger partial charge >= 0.3 is 5.97 Å². The minimum absolute atomic E-state index is 0.0120. The molecule has 0 amide bonds. The van der Waals surface area contributed by atoms with Crippen molar-refractivity contribution < 1.29 is 14.6 Å². The maximum absolute atomic E-state index is 12.4. The van der Waals surface area contributed by atoms with Gasteiger partial charge in [0.1, 0.15) is 0 Å². The molecular weight excluding hydrogens is 404 g/mol. The number of carbonyl (C=O) groups is 1. The van der Waals surface area contributed by atoms with Crippen molar-refractivity contribution in [2.75, 3.05) is 0 Å². The van der Waals surface area contributed by atoms with E-state index in [1.54, 1.807) is 36.4 Å². The minimum Gasteiger partial charge on any atom is -0.313 e. The molecule has 0 aliphatic carbocycles. The SMILES string of the molecule is Cc1ccc(/C(Cc2ccc([N+](=O)[O-])cc2)=N/OC(=O)c2ccc(Cl)cc2)c(C)c1. The van der Waals surface area contributed by atoms with Crippen molar-refractivity contribution in [3.63, 3.8) is 0 Å². The van der Waals surface area contributed by atoms with Crippen LogP contribution >= 0.6 is 11.6 Å². The molecule has 6 nitrogen and oxygen atoms in total. The van der Waals surface area contributed by atoms with Gasteiger partial charge in [-0.2, -0.15) is 0 Å². The molecule has 3 rings (SSSR count). The standard InChI is InChI=1S/C23H19ClN2O4/c1-15-3-12-21(16(2)13-15)22(14-17-4-10-20(11-5-17)26(28)29)25-30-23(27)18-6-8-19(24)9-7-18/h3-13H,14H2,1-2H3/b25-22+. The minimum atomic E-state index is -0.599. The average molecular weight is 423 g/mol. The topological polar surface area (TPSA) is 81.8 Å². The average Bonchev–Trinajstić information content (AvgIpc) is 2.72. The number of carbonyl (C=O) groups excluding carboxylic acids is 1. The van der Waals surface area contributed by atoms with Crippen LogP contribution in [0.4, 0.5) is 5.69 Å². The zero-order chi connectivity index (χ0) is 21.7. The first-order valence-corrected chi connectivity index (χ1v) is 9.56. The third-order valence-corrected chi connectivity index (χ3v) is 4.78. The van der Waals surface area contributed by atoms with Crippen LogP contribution < -0.4 is 0 Å². The number of hydrogen-bond acceptors (Lipinski definition) is 5. The number of halogens is 1. The molecule has 0 radical (unpaired) electrons. The van der Waals surface area contributed by atoms with Crippen molar-refractivity contribution in [1.29, 1.82) is 0 Å². The highest BCUT2D eigenvalue weighted by Gasteiger charge is 2.13. The molecule has 0 bridgehead atoms. The highest BCUT2D eigenvalue weighted by Crippen LogP contribution is 2.18.